The number of aromatic nitrogens is 5. The first-order chi connectivity index (χ1) is 7.19. The maximum absolute atomic E-state index is 11.2. The summed E-state index contributed by atoms with van der Waals surface area (Å²) < 4.78 is 1.50. The van der Waals surface area contributed by atoms with Crippen molar-refractivity contribution in [1.29, 1.82) is 0 Å². The molecular formula is C9H11N5O. The average molecular weight is 205 g/mol. The molecule has 2 aromatic heterocycles. The second kappa shape index (κ2) is 3.64. The summed E-state index contributed by atoms with van der Waals surface area (Å²) in [7, 11) is 0. The number of H-pyrrole nitrogens is 1. The van der Waals surface area contributed by atoms with Crippen LogP contribution in [0.2, 0.25) is 0 Å². The molecule has 0 unspecified atom stereocenters. The van der Waals surface area contributed by atoms with E-state index in [2.05, 4.69) is 20.3 Å². The van der Waals surface area contributed by atoms with Crippen LogP contribution in [0, 0.1) is 6.92 Å². The van der Waals surface area contributed by atoms with Gasteiger partial charge >= 0.3 is 0 Å². The van der Waals surface area contributed by atoms with Crippen LogP contribution in [0.25, 0.3) is 5.82 Å². The van der Waals surface area contributed by atoms with Crippen LogP contribution in [0.15, 0.2) is 17.1 Å². The summed E-state index contributed by atoms with van der Waals surface area (Å²) in [5.41, 5.74) is 0.681. The SMILES string of the molecule is CCc1cn(-c2cc(=O)[nH]c(C)n2)nn1. The van der Waals surface area contributed by atoms with Crippen LogP contribution in [0.5, 0.6) is 0 Å². The number of hydrogen-bond donors (Lipinski definition) is 1. The van der Waals surface area contributed by atoms with E-state index in [1.807, 2.05) is 6.92 Å². The molecule has 2 heterocycles. The molecule has 0 saturated carbocycles. The summed E-state index contributed by atoms with van der Waals surface area (Å²) in [6.07, 6.45) is 2.57. The molecule has 0 saturated heterocycles. The lowest BCUT2D eigenvalue weighted by molar-refractivity contribution is 0.765. The van der Waals surface area contributed by atoms with Crippen LogP contribution >= 0.6 is 0 Å². The Hall–Kier alpha value is -1.98. The van der Waals surface area contributed by atoms with Gasteiger partial charge in [0.25, 0.3) is 5.56 Å². The van der Waals surface area contributed by atoms with E-state index in [1.54, 1.807) is 13.1 Å². The fourth-order valence-electron chi connectivity index (χ4n) is 1.25. The molecule has 0 atom stereocenters. The fraction of sp³-hybridized carbons (Fsp3) is 0.333. The first-order valence-electron chi connectivity index (χ1n) is 4.68. The summed E-state index contributed by atoms with van der Waals surface area (Å²) in [6.45, 7) is 3.72. The van der Waals surface area contributed by atoms with Crippen LogP contribution in [0.4, 0.5) is 0 Å². The van der Waals surface area contributed by atoms with Crippen molar-refractivity contribution >= 4 is 0 Å². The van der Waals surface area contributed by atoms with Crippen molar-refractivity contribution in [2.24, 2.45) is 0 Å². The van der Waals surface area contributed by atoms with Crippen molar-refractivity contribution in [2.45, 2.75) is 20.3 Å². The third kappa shape index (κ3) is 1.93. The summed E-state index contributed by atoms with van der Waals surface area (Å²) in [5.74, 6) is 1.05. The Labute approximate surface area is 86.0 Å². The van der Waals surface area contributed by atoms with Crippen LogP contribution in [-0.2, 0) is 6.42 Å². The Balaban J connectivity index is 2.48. The zero-order chi connectivity index (χ0) is 10.8. The Morgan fingerprint density at radius 3 is 2.93 bits per heavy atom. The molecule has 0 aromatic carbocycles. The molecule has 0 spiro atoms. The molecule has 6 heteroatoms. The predicted octanol–water partition coefficient (Wildman–Crippen LogP) is 0.221. The Morgan fingerprint density at radius 2 is 2.33 bits per heavy atom. The number of nitrogens with one attached hydrogen (secondary N) is 1. The minimum atomic E-state index is -0.189. The molecule has 0 aliphatic heterocycles. The third-order valence-electron chi connectivity index (χ3n) is 1.98. The highest BCUT2D eigenvalue weighted by Gasteiger charge is 2.03. The van der Waals surface area contributed by atoms with Gasteiger partial charge in [-0.3, -0.25) is 4.79 Å². The maximum Gasteiger partial charge on any atom is 0.253 e. The average Bonchev–Trinajstić information content (AvgIpc) is 2.64. The van der Waals surface area contributed by atoms with Gasteiger partial charge < -0.3 is 4.98 Å². The summed E-state index contributed by atoms with van der Waals surface area (Å²) in [5, 5.41) is 7.82. The lowest BCUT2D eigenvalue weighted by atomic mass is 10.4. The second-order valence-electron chi connectivity index (χ2n) is 3.20. The van der Waals surface area contributed by atoms with Crippen LogP contribution in [0.3, 0.4) is 0 Å². The zero-order valence-corrected chi connectivity index (χ0v) is 8.56. The van der Waals surface area contributed by atoms with E-state index in [4.69, 9.17) is 0 Å². The van der Waals surface area contributed by atoms with Crippen molar-refractivity contribution in [3.63, 3.8) is 0 Å². The van der Waals surface area contributed by atoms with Crippen LogP contribution < -0.4 is 5.56 Å². The van der Waals surface area contributed by atoms with Crippen molar-refractivity contribution in [1.82, 2.24) is 25.0 Å². The molecule has 2 aromatic rings. The monoisotopic (exact) mass is 205 g/mol. The van der Waals surface area contributed by atoms with E-state index >= 15 is 0 Å². The number of aryl methyl sites for hydroxylation is 2. The van der Waals surface area contributed by atoms with Gasteiger partial charge in [0.2, 0.25) is 0 Å². The Morgan fingerprint density at radius 1 is 1.53 bits per heavy atom. The van der Waals surface area contributed by atoms with E-state index in [1.165, 1.54) is 10.7 Å². The quantitative estimate of drug-likeness (QED) is 0.761. The van der Waals surface area contributed by atoms with Gasteiger partial charge in [-0.15, -0.1) is 5.10 Å². The molecule has 0 amide bonds. The van der Waals surface area contributed by atoms with Gasteiger partial charge in [0.05, 0.1) is 11.9 Å². The fourth-order valence-corrected chi connectivity index (χ4v) is 1.25. The topological polar surface area (TPSA) is 76.5 Å². The highest BCUT2D eigenvalue weighted by molar-refractivity contribution is 5.19. The molecule has 1 N–H and O–H groups in total. The van der Waals surface area contributed by atoms with Crippen LogP contribution in [0.1, 0.15) is 18.4 Å². The van der Waals surface area contributed by atoms with E-state index in [-0.39, 0.29) is 5.56 Å². The minimum absolute atomic E-state index is 0.189. The number of hydrogen-bond acceptors (Lipinski definition) is 4. The van der Waals surface area contributed by atoms with E-state index < -0.39 is 0 Å². The summed E-state index contributed by atoms with van der Waals surface area (Å²) in [4.78, 5) is 17.9. The third-order valence-corrected chi connectivity index (χ3v) is 1.98. The van der Waals surface area contributed by atoms with Gasteiger partial charge in [0.15, 0.2) is 5.82 Å². The molecule has 6 nitrogen and oxygen atoms in total. The molecule has 78 valence electrons. The lowest BCUT2D eigenvalue weighted by Gasteiger charge is -1.98. The van der Waals surface area contributed by atoms with Crippen molar-refractivity contribution in [3.8, 4) is 5.82 Å². The highest BCUT2D eigenvalue weighted by atomic mass is 16.1. The molecule has 0 bridgehead atoms. The van der Waals surface area contributed by atoms with E-state index in [9.17, 15) is 4.79 Å². The molecule has 2 rings (SSSR count). The number of rotatable bonds is 2. The Bertz CT molecular complexity index is 527. The van der Waals surface area contributed by atoms with Gasteiger partial charge in [-0.25, -0.2) is 9.67 Å². The maximum atomic E-state index is 11.2. The van der Waals surface area contributed by atoms with Gasteiger partial charge in [0, 0.05) is 6.07 Å². The van der Waals surface area contributed by atoms with Crippen molar-refractivity contribution in [2.75, 3.05) is 0 Å². The standard InChI is InChI=1S/C9H11N5O/c1-3-7-5-14(13-12-7)8-4-9(15)11-6(2)10-8/h4-5H,3H2,1-2H3,(H,10,11,15). The normalized spacial score (nSPS) is 10.5. The number of nitrogens with zero attached hydrogens (tertiary/aromatic N) is 4. The largest absolute Gasteiger partial charge is 0.311 e. The smallest absolute Gasteiger partial charge is 0.253 e. The summed E-state index contributed by atoms with van der Waals surface area (Å²) >= 11 is 0. The van der Waals surface area contributed by atoms with Crippen molar-refractivity contribution < 1.29 is 0 Å². The first kappa shape index (κ1) is 9.57. The lowest BCUT2D eigenvalue weighted by Crippen LogP contribution is -2.12. The highest BCUT2D eigenvalue weighted by Crippen LogP contribution is 2.01. The molecule has 0 aliphatic rings. The van der Waals surface area contributed by atoms with E-state index in [0.717, 1.165) is 12.1 Å². The molecule has 15 heavy (non-hydrogen) atoms. The predicted molar refractivity (Wildman–Crippen MR) is 53.9 cm³/mol. The van der Waals surface area contributed by atoms with Gasteiger partial charge in [-0.05, 0) is 13.3 Å². The summed E-state index contributed by atoms with van der Waals surface area (Å²) in [6, 6.07) is 1.39. The number of aromatic amines is 1. The minimum Gasteiger partial charge on any atom is -0.311 e. The first-order valence-corrected chi connectivity index (χ1v) is 4.68. The molecule has 0 aliphatic carbocycles. The Kier molecular flexibility index (Phi) is 2.32. The molecule has 0 radical (unpaired) electrons. The molecule has 0 fully saturated rings. The van der Waals surface area contributed by atoms with Gasteiger partial charge in [-0.2, -0.15) is 0 Å². The molecular weight excluding hydrogens is 194 g/mol. The van der Waals surface area contributed by atoms with Crippen LogP contribution in [-0.4, -0.2) is 25.0 Å². The second-order valence-corrected chi connectivity index (χ2v) is 3.20. The zero-order valence-electron chi connectivity index (χ0n) is 8.56. The van der Waals surface area contributed by atoms with Crippen molar-refractivity contribution in [3.05, 3.63) is 34.1 Å². The van der Waals surface area contributed by atoms with Gasteiger partial charge in [0.1, 0.15) is 5.82 Å². The van der Waals surface area contributed by atoms with E-state index in [0.29, 0.717) is 11.6 Å². The van der Waals surface area contributed by atoms with Gasteiger partial charge in [-0.1, -0.05) is 12.1 Å².